The Morgan fingerprint density at radius 2 is 2.03 bits per heavy atom. The van der Waals surface area contributed by atoms with Gasteiger partial charge in [0.25, 0.3) is 0 Å². The van der Waals surface area contributed by atoms with E-state index in [-0.39, 0.29) is 6.04 Å². The topological polar surface area (TPSA) is 79.4 Å². The summed E-state index contributed by atoms with van der Waals surface area (Å²) in [6, 6.07) is 6.72. The third-order valence-electron chi connectivity index (χ3n) is 8.82. The van der Waals surface area contributed by atoms with Crippen LogP contribution in [0.1, 0.15) is 44.1 Å². The van der Waals surface area contributed by atoms with E-state index in [0.29, 0.717) is 28.2 Å². The predicted octanol–water partition coefficient (Wildman–Crippen LogP) is 6.13. The van der Waals surface area contributed by atoms with Crippen LogP contribution in [0.15, 0.2) is 47.7 Å². The lowest BCUT2D eigenvalue weighted by Gasteiger charge is -2.39. The second kappa shape index (κ2) is 10.7. The average Bonchev–Trinajstić information content (AvgIpc) is 3.24. The highest BCUT2D eigenvalue weighted by atomic mass is 35.5. The van der Waals surface area contributed by atoms with Gasteiger partial charge in [0, 0.05) is 23.3 Å². The summed E-state index contributed by atoms with van der Waals surface area (Å²) in [4.78, 5) is 11.9. The third kappa shape index (κ3) is 5.83. The SMILES string of the molecule is Cc1ccc(Nc2nc(NC3C=CC4=C(CCC(N5CCC6(COC6)C5)CC4)C3)ncc2Cl)c(P(C)(C)=O)c1. The van der Waals surface area contributed by atoms with Gasteiger partial charge in [0.15, 0.2) is 5.82 Å². The summed E-state index contributed by atoms with van der Waals surface area (Å²) in [6.07, 6.45) is 13.3. The standard InChI is InChI=1S/C30H39ClN5O2P/c1-20-4-11-26(27(14-20)39(2,3)37)34-28-25(31)16-32-29(35-28)33-23-8-5-21-6-9-24(10-7-22(21)15-23)36-13-12-30(17-36)18-38-19-30/h4-5,8,11,14,16,23-24H,6-7,9-10,12-13,15,17-19H2,1-3H3,(H2,32,33,34,35). The van der Waals surface area contributed by atoms with Gasteiger partial charge in [0.2, 0.25) is 5.95 Å². The van der Waals surface area contributed by atoms with Crippen molar-refractivity contribution >= 4 is 41.5 Å². The lowest BCUT2D eigenvalue weighted by Crippen LogP contribution is -2.46. The quantitative estimate of drug-likeness (QED) is 0.406. The van der Waals surface area contributed by atoms with Crippen molar-refractivity contribution in [3.8, 4) is 0 Å². The van der Waals surface area contributed by atoms with Gasteiger partial charge in [-0.2, -0.15) is 4.98 Å². The van der Waals surface area contributed by atoms with Gasteiger partial charge in [-0.05, 0) is 83.0 Å². The molecule has 2 fully saturated rings. The second-order valence-corrected chi connectivity index (χ2v) is 15.9. The molecule has 1 aromatic carbocycles. The smallest absolute Gasteiger partial charge is 0.225 e. The monoisotopic (exact) mass is 567 g/mol. The van der Waals surface area contributed by atoms with Gasteiger partial charge in [-0.1, -0.05) is 41.0 Å². The zero-order valence-corrected chi connectivity index (χ0v) is 24.8. The molecule has 39 heavy (non-hydrogen) atoms. The maximum absolute atomic E-state index is 12.9. The molecule has 0 saturated carbocycles. The molecule has 9 heteroatoms. The molecule has 0 bridgehead atoms. The maximum Gasteiger partial charge on any atom is 0.225 e. The van der Waals surface area contributed by atoms with Crippen LogP contribution < -0.4 is 15.9 Å². The third-order valence-corrected chi connectivity index (χ3v) is 10.6. The van der Waals surface area contributed by atoms with Crippen molar-refractivity contribution in [1.82, 2.24) is 14.9 Å². The summed E-state index contributed by atoms with van der Waals surface area (Å²) in [5.74, 6) is 1.03. The number of nitrogens with zero attached hydrogens (tertiary/aromatic N) is 3. The second-order valence-electron chi connectivity index (χ2n) is 12.3. The molecule has 6 rings (SSSR count). The van der Waals surface area contributed by atoms with Crippen molar-refractivity contribution in [3.63, 3.8) is 0 Å². The Morgan fingerprint density at radius 1 is 1.21 bits per heavy atom. The molecule has 0 amide bonds. The molecule has 1 aromatic heterocycles. The average molecular weight is 568 g/mol. The van der Waals surface area contributed by atoms with Crippen molar-refractivity contribution in [1.29, 1.82) is 0 Å². The minimum Gasteiger partial charge on any atom is -0.380 e. The van der Waals surface area contributed by atoms with Crippen LogP contribution >= 0.6 is 18.7 Å². The maximum atomic E-state index is 12.9. The van der Waals surface area contributed by atoms with Gasteiger partial charge in [0.1, 0.15) is 12.2 Å². The number of nitrogens with one attached hydrogen (secondary N) is 2. The molecule has 0 radical (unpaired) electrons. The van der Waals surface area contributed by atoms with E-state index in [9.17, 15) is 4.57 Å². The van der Waals surface area contributed by atoms with Crippen LogP contribution in [0, 0.1) is 12.3 Å². The van der Waals surface area contributed by atoms with Gasteiger partial charge in [0.05, 0.1) is 31.1 Å². The van der Waals surface area contributed by atoms with Crippen molar-refractivity contribution in [2.24, 2.45) is 5.41 Å². The lowest BCUT2D eigenvalue weighted by atomic mass is 9.85. The number of ether oxygens (including phenoxy) is 1. The van der Waals surface area contributed by atoms with E-state index in [1.54, 1.807) is 25.1 Å². The van der Waals surface area contributed by atoms with E-state index in [0.717, 1.165) is 49.0 Å². The molecule has 2 saturated heterocycles. The molecular formula is C30H39ClN5O2P. The number of rotatable bonds is 6. The molecule has 2 aliphatic heterocycles. The Morgan fingerprint density at radius 3 is 2.77 bits per heavy atom. The van der Waals surface area contributed by atoms with Crippen molar-refractivity contribution in [2.75, 3.05) is 50.3 Å². The van der Waals surface area contributed by atoms with E-state index in [2.05, 4.69) is 32.7 Å². The lowest BCUT2D eigenvalue weighted by molar-refractivity contribution is -0.106. The number of aromatic nitrogens is 2. The summed E-state index contributed by atoms with van der Waals surface area (Å²) in [6.45, 7) is 9.90. The van der Waals surface area contributed by atoms with Gasteiger partial charge in [-0.15, -0.1) is 0 Å². The summed E-state index contributed by atoms with van der Waals surface area (Å²) in [5, 5.41) is 8.04. The minimum atomic E-state index is -2.50. The van der Waals surface area contributed by atoms with Crippen LogP contribution in [0.25, 0.3) is 0 Å². The van der Waals surface area contributed by atoms with Gasteiger partial charge < -0.3 is 19.9 Å². The molecule has 2 N–H and O–H groups in total. The van der Waals surface area contributed by atoms with E-state index in [1.807, 2.05) is 25.1 Å². The Labute approximate surface area is 236 Å². The van der Waals surface area contributed by atoms with Crippen LogP contribution in [0.4, 0.5) is 17.5 Å². The number of allylic oxidation sites excluding steroid dienone is 2. The predicted molar refractivity (Wildman–Crippen MR) is 160 cm³/mol. The van der Waals surface area contributed by atoms with Crippen LogP contribution in [0.5, 0.6) is 0 Å². The molecule has 2 aliphatic carbocycles. The molecular weight excluding hydrogens is 529 g/mol. The first-order valence-corrected chi connectivity index (χ1v) is 17.1. The first kappa shape index (κ1) is 27.0. The fourth-order valence-electron chi connectivity index (χ4n) is 6.53. The number of benzene rings is 1. The largest absolute Gasteiger partial charge is 0.380 e. The minimum absolute atomic E-state index is 0.137. The van der Waals surface area contributed by atoms with Crippen LogP contribution in [0.2, 0.25) is 5.02 Å². The van der Waals surface area contributed by atoms with Crippen LogP contribution in [-0.4, -0.2) is 66.6 Å². The summed E-state index contributed by atoms with van der Waals surface area (Å²) < 4.78 is 18.5. The van der Waals surface area contributed by atoms with E-state index >= 15 is 0 Å². The van der Waals surface area contributed by atoms with Crippen molar-refractivity contribution in [3.05, 3.63) is 58.3 Å². The van der Waals surface area contributed by atoms with Crippen LogP contribution in [-0.2, 0) is 9.30 Å². The zero-order chi connectivity index (χ0) is 27.2. The number of hydrogen-bond donors (Lipinski definition) is 2. The van der Waals surface area contributed by atoms with E-state index in [4.69, 9.17) is 21.3 Å². The molecule has 208 valence electrons. The number of aryl methyl sites for hydroxylation is 1. The zero-order valence-electron chi connectivity index (χ0n) is 23.2. The van der Waals surface area contributed by atoms with Gasteiger partial charge >= 0.3 is 0 Å². The Balaban J connectivity index is 1.10. The fourth-order valence-corrected chi connectivity index (χ4v) is 7.89. The highest BCUT2D eigenvalue weighted by Crippen LogP contribution is 2.42. The molecule has 3 heterocycles. The Hall–Kier alpha value is -2.18. The normalized spacial score (nSPS) is 24.8. The van der Waals surface area contributed by atoms with E-state index in [1.165, 1.54) is 37.9 Å². The number of anilines is 3. The van der Waals surface area contributed by atoms with Gasteiger partial charge in [-0.25, -0.2) is 4.98 Å². The van der Waals surface area contributed by atoms with Gasteiger partial charge in [-0.3, -0.25) is 4.90 Å². The highest BCUT2D eigenvalue weighted by molar-refractivity contribution is 7.70. The summed E-state index contributed by atoms with van der Waals surface area (Å²) >= 11 is 6.48. The number of hydrogen-bond acceptors (Lipinski definition) is 7. The van der Waals surface area contributed by atoms with Crippen molar-refractivity contribution in [2.45, 2.75) is 57.5 Å². The van der Waals surface area contributed by atoms with Crippen LogP contribution in [0.3, 0.4) is 0 Å². The summed E-state index contributed by atoms with van der Waals surface area (Å²) in [5.41, 5.74) is 5.36. The highest BCUT2D eigenvalue weighted by Gasteiger charge is 2.46. The van der Waals surface area contributed by atoms with E-state index < -0.39 is 7.14 Å². The molecule has 7 nitrogen and oxygen atoms in total. The first-order chi connectivity index (χ1) is 18.7. The molecule has 4 aliphatic rings. The fraction of sp³-hybridized carbons (Fsp3) is 0.533. The number of halogens is 1. The first-order valence-electron chi connectivity index (χ1n) is 14.1. The number of likely N-dealkylation sites (tertiary alicyclic amines) is 1. The molecule has 2 unspecified atom stereocenters. The molecule has 2 atom stereocenters. The molecule has 2 aromatic rings. The molecule has 1 spiro atoms. The Kier molecular flexibility index (Phi) is 7.39. The Bertz CT molecular complexity index is 1370. The van der Waals surface area contributed by atoms with Crippen molar-refractivity contribution < 1.29 is 9.30 Å². The summed E-state index contributed by atoms with van der Waals surface area (Å²) in [7, 11) is -2.50.